The van der Waals surface area contributed by atoms with Gasteiger partial charge in [-0.2, -0.15) is 0 Å². The van der Waals surface area contributed by atoms with Crippen molar-refractivity contribution in [3.63, 3.8) is 0 Å². The lowest BCUT2D eigenvalue weighted by molar-refractivity contribution is -0.301. The van der Waals surface area contributed by atoms with Gasteiger partial charge in [0.25, 0.3) is 0 Å². The molecule has 12 atom stereocenters. The molecule has 0 aliphatic carbocycles. The number of aliphatic hydroxyl groups excluding tert-OH is 2. The van der Waals surface area contributed by atoms with Crippen LogP contribution in [0.25, 0.3) is 0 Å². The zero-order valence-electron chi connectivity index (χ0n) is 28.2. The van der Waals surface area contributed by atoms with Crippen LogP contribution in [0.5, 0.6) is 0 Å². The first kappa shape index (κ1) is 38.3. The van der Waals surface area contributed by atoms with Gasteiger partial charge in [0.2, 0.25) is 0 Å². The minimum atomic E-state index is -1.79. The summed E-state index contributed by atoms with van der Waals surface area (Å²) in [4.78, 5) is 40.8. The van der Waals surface area contributed by atoms with Crippen LogP contribution in [0.15, 0.2) is 11.6 Å². The third-order valence-corrected chi connectivity index (χ3v) is 9.18. The first-order valence-electron chi connectivity index (χ1n) is 15.5. The van der Waals surface area contributed by atoms with Crippen molar-refractivity contribution in [2.45, 2.75) is 129 Å². The highest BCUT2D eigenvalue weighted by Crippen LogP contribution is 2.38. The van der Waals surface area contributed by atoms with Gasteiger partial charge in [-0.15, -0.1) is 0 Å². The van der Waals surface area contributed by atoms with E-state index in [-0.39, 0.29) is 37.2 Å². The van der Waals surface area contributed by atoms with E-state index in [1.165, 1.54) is 34.0 Å². The fourth-order valence-electron chi connectivity index (χ4n) is 6.40. The summed E-state index contributed by atoms with van der Waals surface area (Å²) in [6.07, 6.45) is -3.58. The Kier molecular flexibility index (Phi) is 13.5. The number of rotatable bonds is 7. The number of Topliss-reactive ketones (excluding diaryl/α,β-unsaturated/α-hetero) is 1. The lowest BCUT2D eigenvalue weighted by atomic mass is 9.76. The topological polar surface area (TPSA) is 161 Å². The molecule has 1 saturated heterocycles. The Balaban J connectivity index is 2.68. The molecule has 0 saturated carbocycles. The minimum absolute atomic E-state index is 0.0370. The van der Waals surface area contributed by atoms with Gasteiger partial charge in [0, 0.05) is 37.5 Å². The minimum Gasteiger partial charge on any atom is -0.461 e. The average Bonchev–Trinajstić information content (AvgIpc) is 2.95. The number of carbonyl (C=O) groups is 3. The quantitative estimate of drug-likeness (QED) is 0.352. The molecule has 44 heavy (non-hydrogen) atoms. The van der Waals surface area contributed by atoms with Crippen LogP contribution < -0.4 is 0 Å². The molecule has 0 amide bonds. The lowest BCUT2D eigenvalue weighted by Crippen LogP contribution is -2.59. The number of nitrogens with zero attached hydrogens (tertiary/aromatic N) is 1. The summed E-state index contributed by atoms with van der Waals surface area (Å²) in [6.45, 7) is 12.5. The molecule has 1 fully saturated rings. The Morgan fingerprint density at radius 2 is 1.73 bits per heavy atom. The van der Waals surface area contributed by atoms with Crippen LogP contribution in [-0.2, 0) is 38.1 Å². The fourth-order valence-corrected chi connectivity index (χ4v) is 6.40. The average molecular weight is 630 g/mol. The standard InChI is InChI=1S/C32H55NO11/c1-12-24-31(7,39)15-22(16-41-21(6)34)25(35)17(2)14-32(8,40-11)28(19(4)26(36)20(5)29(38)43-24)44-30-27(37)23(33(9)10)13-18(3)42-30/h15,17-20,23-24,26-28,30,36-37,39H,12-14,16H2,1-11H3/t17-,18-,19+,20-,23+,24-,26+,27-,28-,30+,31+,32+/m1/s1. The smallest absolute Gasteiger partial charge is 0.311 e. The number of aliphatic hydroxyl groups is 3. The van der Waals surface area contributed by atoms with Crippen molar-refractivity contribution >= 4 is 17.7 Å². The lowest BCUT2D eigenvalue weighted by Gasteiger charge is -2.47. The molecular formula is C32H55NO11. The summed E-state index contributed by atoms with van der Waals surface area (Å²) >= 11 is 0. The molecule has 0 unspecified atom stereocenters. The number of carbonyl (C=O) groups excluding carboxylic acids is 3. The second-order valence-electron chi connectivity index (χ2n) is 13.3. The molecule has 0 aromatic carbocycles. The third kappa shape index (κ3) is 9.08. The molecule has 12 nitrogen and oxygen atoms in total. The van der Waals surface area contributed by atoms with E-state index in [1.807, 2.05) is 25.9 Å². The van der Waals surface area contributed by atoms with Crippen LogP contribution in [0.2, 0.25) is 0 Å². The zero-order chi connectivity index (χ0) is 33.7. The van der Waals surface area contributed by atoms with Gasteiger partial charge in [0.15, 0.2) is 12.1 Å². The van der Waals surface area contributed by atoms with Crippen molar-refractivity contribution < 1.29 is 53.4 Å². The van der Waals surface area contributed by atoms with Crippen molar-refractivity contribution in [2.75, 3.05) is 27.8 Å². The molecule has 0 bridgehead atoms. The monoisotopic (exact) mass is 629 g/mol. The molecular weight excluding hydrogens is 574 g/mol. The Morgan fingerprint density at radius 1 is 1.11 bits per heavy atom. The normalized spacial score (nSPS) is 41.5. The van der Waals surface area contributed by atoms with E-state index in [1.54, 1.807) is 27.7 Å². The molecule has 2 aliphatic heterocycles. The molecule has 2 rings (SSSR count). The Hall–Kier alpha value is -1.93. The number of ether oxygens (including phenoxy) is 5. The van der Waals surface area contributed by atoms with Crippen LogP contribution in [0.1, 0.15) is 74.7 Å². The maximum absolute atomic E-state index is 13.9. The van der Waals surface area contributed by atoms with Crippen LogP contribution in [0.4, 0.5) is 0 Å². The maximum atomic E-state index is 13.9. The van der Waals surface area contributed by atoms with E-state index in [0.717, 1.165) is 0 Å². The van der Waals surface area contributed by atoms with E-state index in [2.05, 4.69) is 0 Å². The molecule has 254 valence electrons. The first-order chi connectivity index (χ1) is 20.3. The van der Waals surface area contributed by atoms with Gasteiger partial charge in [-0.05, 0) is 67.1 Å². The zero-order valence-corrected chi connectivity index (χ0v) is 28.2. The summed E-state index contributed by atoms with van der Waals surface area (Å²) in [7, 11) is 5.18. The van der Waals surface area contributed by atoms with E-state index < -0.39 is 77.4 Å². The van der Waals surface area contributed by atoms with Gasteiger partial charge in [0.1, 0.15) is 24.4 Å². The molecule has 2 heterocycles. The summed E-state index contributed by atoms with van der Waals surface area (Å²) in [5.41, 5.74) is -3.00. The highest BCUT2D eigenvalue weighted by atomic mass is 16.7. The second-order valence-corrected chi connectivity index (χ2v) is 13.3. The van der Waals surface area contributed by atoms with E-state index >= 15 is 0 Å². The van der Waals surface area contributed by atoms with Crippen LogP contribution >= 0.6 is 0 Å². The summed E-state index contributed by atoms with van der Waals surface area (Å²) in [6, 6.07) is -0.265. The predicted molar refractivity (Wildman–Crippen MR) is 161 cm³/mol. The summed E-state index contributed by atoms with van der Waals surface area (Å²) < 4.78 is 29.5. The maximum Gasteiger partial charge on any atom is 0.311 e. The number of cyclic esters (lactones) is 1. The predicted octanol–water partition coefficient (Wildman–Crippen LogP) is 2.01. The van der Waals surface area contributed by atoms with Crippen molar-refractivity contribution in [1.29, 1.82) is 0 Å². The number of methoxy groups -OCH3 is 1. The second kappa shape index (κ2) is 15.6. The van der Waals surface area contributed by atoms with Crippen molar-refractivity contribution in [3.05, 3.63) is 11.6 Å². The van der Waals surface area contributed by atoms with Gasteiger partial charge in [-0.3, -0.25) is 14.4 Å². The third-order valence-electron chi connectivity index (χ3n) is 9.18. The summed E-state index contributed by atoms with van der Waals surface area (Å²) in [5.74, 6) is -4.33. The number of hydrogen-bond acceptors (Lipinski definition) is 12. The van der Waals surface area contributed by atoms with Gasteiger partial charge in [-0.25, -0.2) is 0 Å². The number of likely N-dealkylation sites (N-methyl/N-ethyl adjacent to an activating group) is 1. The van der Waals surface area contributed by atoms with Crippen molar-refractivity contribution in [3.8, 4) is 0 Å². The van der Waals surface area contributed by atoms with E-state index in [9.17, 15) is 29.7 Å². The van der Waals surface area contributed by atoms with E-state index in [4.69, 9.17) is 23.7 Å². The molecule has 0 spiro atoms. The molecule has 2 aliphatic rings. The summed E-state index contributed by atoms with van der Waals surface area (Å²) in [5, 5.41) is 34.2. The van der Waals surface area contributed by atoms with Crippen molar-refractivity contribution in [2.24, 2.45) is 17.8 Å². The van der Waals surface area contributed by atoms with Crippen LogP contribution in [0, 0.1) is 17.8 Å². The van der Waals surface area contributed by atoms with Crippen molar-refractivity contribution in [1.82, 2.24) is 4.90 Å². The number of ketones is 1. The molecule has 0 radical (unpaired) electrons. The van der Waals surface area contributed by atoms with Crippen LogP contribution in [-0.4, -0.2) is 120 Å². The van der Waals surface area contributed by atoms with Gasteiger partial charge in [0.05, 0.1) is 29.8 Å². The molecule has 0 aromatic rings. The SMILES string of the molecule is CC[C@H]1OC(=O)[C@H](C)[C@@H](O)[C@H](C)[C@@H](O[C@@H]2O[C@H](C)C[C@H](N(C)C)[C@H]2O)[C@@](C)(OC)C[C@@H](C)C(=O)C(COC(C)=O)=C[C@]1(C)O. The van der Waals surface area contributed by atoms with Gasteiger partial charge < -0.3 is 43.9 Å². The van der Waals surface area contributed by atoms with Crippen LogP contribution in [0.3, 0.4) is 0 Å². The Labute approximate surface area is 262 Å². The largest absolute Gasteiger partial charge is 0.461 e. The highest BCUT2D eigenvalue weighted by molar-refractivity contribution is 5.97. The van der Waals surface area contributed by atoms with E-state index in [0.29, 0.717) is 6.42 Å². The Morgan fingerprint density at radius 3 is 2.25 bits per heavy atom. The number of hydrogen-bond donors (Lipinski definition) is 3. The Bertz CT molecular complexity index is 1030. The fraction of sp³-hybridized carbons (Fsp3) is 0.844. The number of esters is 2. The first-order valence-corrected chi connectivity index (χ1v) is 15.5. The molecule has 12 heteroatoms. The molecule has 0 aromatic heterocycles. The van der Waals surface area contributed by atoms with Gasteiger partial charge in [-0.1, -0.05) is 20.8 Å². The highest BCUT2D eigenvalue weighted by Gasteiger charge is 2.50. The molecule has 3 N–H and O–H groups in total. The van der Waals surface area contributed by atoms with Gasteiger partial charge >= 0.3 is 11.9 Å².